The summed E-state index contributed by atoms with van der Waals surface area (Å²) < 4.78 is 10.4. The van der Waals surface area contributed by atoms with Crippen molar-refractivity contribution in [3.63, 3.8) is 0 Å². The van der Waals surface area contributed by atoms with Crippen LogP contribution < -0.4 is 31.8 Å². The predicted molar refractivity (Wildman–Crippen MR) is 77.1 cm³/mol. The smallest absolute Gasteiger partial charge is 0.223 e. The maximum Gasteiger partial charge on any atom is 0.223 e. The molecular formula is C12H16N6O2. The average molecular weight is 276 g/mol. The Morgan fingerprint density at radius 3 is 2.45 bits per heavy atom. The molecule has 0 radical (unpaired) electrons. The molecule has 0 amide bonds. The van der Waals surface area contributed by atoms with E-state index in [2.05, 4.69) is 20.7 Å². The Bertz CT molecular complexity index is 604. The summed E-state index contributed by atoms with van der Waals surface area (Å²) in [5.41, 5.74) is 8.71. The topological polar surface area (TPSA) is 120 Å². The lowest BCUT2D eigenvalue weighted by Crippen LogP contribution is -2.11. The average Bonchev–Trinajstić information content (AvgIpc) is 2.46. The Hall–Kier alpha value is -2.74. The third kappa shape index (κ3) is 2.98. The van der Waals surface area contributed by atoms with Gasteiger partial charge in [-0.3, -0.25) is 0 Å². The number of nitrogens with two attached hydrogens (primary N) is 2. The maximum absolute atomic E-state index is 5.60. The lowest BCUT2D eigenvalue weighted by atomic mass is 10.2. The van der Waals surface area contributed by atoms with Crippen molar-refractivity contribution in [2.75, 3.05) is 30.7 Å². The molecule has 0 saturated carbocycles. The molecule has 0 spiro atoms. The highest BCUT2D eigenvalue weighted by Gasteiger charge is 2.08. The van der Waals surface area contributed by atoms with Crippen LogP contribution in [0.2, 0.25) is 0 Å². The van der Waals surface area contributed by atoms with E-state index in [0.29, 0.717) is 28.8 Å². The van der Waals surface area contributed by atoms with Gasteiger partial charge in [-0.2, -0.15) is 9.97 Å². The number of nitrogen functional groups attached to an aromatic ring is 2. The summed E-state index contributed by atoms with van der Waals surface area (Å²) in [6.07, 6.45) is 0. The highest BCUT2D eigenvalue weighted by molar-refractivity contribution is 5.68. The number of anilines is 4. The zero-order valence-corrected chi connectivity index (χ0v) is 11.2. The fourth-order valence-electron chi connectivity index (χ4n) is 1.65. The van der Waals surface area contributed by atoms with Crippen molar-refractivity contribution < 1.29 is 9.47 Å². The van der Waals surface area contributed by atoms with Crippen molar-refractivity contribution in [3.8, 4) is 11.5 Å². The van der Waals surface area contributed by atoms with Gasteiger partial charge in [-0.25, -0.2) is 5.84 Å². The van der Waals surface area contributed by atoms with E-state index in [0.717, 1.165) is 0 Å². The minimum Gasteiger partial charge on any atom is -0.497 e. The van der Waals surface area contributed by atoms with Crippen LogP contribution in [0.15, 0.2) is 24.3 Å². The molecule has 0 saturated heterocycles. The van der Waals surface area contributed by atoms with E-state index >= 15 is 0 Å². The first-order chi connectivity index (χ1) is 9.66. The molecule has 0 unspecified atom stereocenters. The largest absolute Gasteiger partial charge is 0.497 e. The molecule has 1 aromatic heterocycles. The van der Waals surface area contributed by atoms with Crippen molar-refractivity contribution >= 4 is 23.3 Å². The molecule has 1 heterocycles. The van der Waals surface area contributed by atoms with E-state index in [1.807, 2.05) is 0 Å². The Labute approximate surface area is 116 Å². The number of hydrazine groups is 1. The zero-order valence-electron chi connectivity index (χ0n) is 11.2. The summed E-state index contributed by atoms with van der Waals surface area (Å²) in [5.74, 6) is 7.64. The van der Waals surface area contributed by atoms with Gasteiger partial charge in [0.15, 0.2) is 0 Å². The number of rotatable bonds is 5. The standard InChI is InChI=1S/C12H16N6O2/c1-19-7-3-4-9(20-2)8(5-7)15-10-6-11(18-14)17-12(13)16-10/h3-6H,14H2,1-2H3,(H4,13,15,16,17,18). The summed E-state index contributed by atoms with van der Waals surface area (Å²) in [4.78, 5) is 7.98. The van der Waals surface area contributed by atoms with Crippen LogP contribution in [0.25, 0.3) is 0 Å². The van der Waals surface area contributed by atoms with Crippen molar-refractivity contribution in [2.45, 2.75) is 0 Å². The van der Waals surface area contributed by atoms with E-state index in [-0.39, 0.29) is 5.95 Å². The molecule has 0 aliphatic heterocycles. The molecule has 0 aliphatic rings. The minimum absolute atomic E-state index is 0.102. The monoisotopic (exact) mass is 276 g/mol. The number of ether oxygens (including phenoxy) is 2. The van der Waals surface area contributed by atoms with Crippen LogP contribution in [-0.4, -0.2) is 24.2 Å². The second-order valence-electron chi connectivity index (χ2n) is 3.83. The number of benzene rings is 1. The summed E-state index contributed by atoms with van der Waals surface area (Å²) >= 11 is 0. The molecule has 0 fully saturated rings. The van der Waals surface area contributed by atoms with Crippen LogP contribution in [-0.2, 0) is 0 Å². The van der Waals surface area contributed by atoms with Crippen molar-refractivity contribution in [2.24, 2.45) is 5.84 Å². The molecule has 0 bridgehead atoms. The Morgan fingerprint density at radius 2 is 1.80 bits per heavy atom. The Morgan fingerprint density at radius 1 is 1.05 bits per heavy atom. The van der Waals surface area contributed by atoms with Crippen molar-refractivity contribution in [1.29, 1.82) is 0 Å². The molecule has 0 aliphatic carbocycles. The molecule has 2 rings (SSSR count). The fraction of sp³-hybridized carbons (Fsp3) is 0.167. The Balaban J connectivity index is 2.35. The van der Waals surface area contributed by atoms with E-state index in [4.69, 9.17) is 21.1 Å². The van der Waals surface area contributed by atoms with Gasteiger partial charge in [0.25, 0.3) is 0 Å². The third-order valence-electron chi connectivity index (χ3n) is 2.56. The number of nitrogens with one attached hydrogen (secondary N) is 2. The number of nitrogens with zero attached hydrogens (tertiary/aromatic N) is 2. The Kier molecular flexibility index (Phi) is 4.06. The van der Waals surface area contributed by atoms with Gasteiger partial charge < -0.3 is 25.9 Å². The van der Waals surface area contributed by atoms with E-state index in [1.165, 1.54) is 0 Å². The quantitative estimate of drug-likeness (QED) is 0.473. The lowest BCUT2D eigenvalue weighted by molar-refractivity contribution is 0.405. The molecular weight excluding hydrogens is 260 g/mol. The van der Waals surface area contributed by atoms with Crippen molar-refractivity contribution in [3.05, 3.63) is 24.3 Å². The number of hydrogen-bond acceptors (Lipinski definition) is 8. The second-order valence-corrected chi connectivity index (χ2v) is 3.83. The van der Waals surface area contributed by atoms with Crippen LogP contribution in [0.1, 0.15) is 0 Å². The number of aromatic nitrogens is 2. The van der Waals surface area contributed by atoms with Gasteiger partial charge in [-0.05, 0) is 12.1 Å². The first kappa shape index (κ1) is 13.7. The molecule has 0 atom stereocenters. The van der Waals surface area contributed by atoms with Crippen LogP contribution >= 0.6 is 0 Å². The molecule has 8 nitrogen and oxygen atoms in total. The first-order valence-electron chi connectivity index (χ1n) is 5.76. The summed E-state index contributed by atoms with van der Waals surface area (Å²) in [7, 11) is 3.17. The molecule has 20 heavy (non-hydrogen) atoms. The zero-order chi connectivity index (χ0) is 14.5. The van der Waals surface area contributed by atoms with Crippen LogP contribution in [0, 0.1) is 0 Å². The summed E-state index contributed by atoms with van der Waals surface area (Å²) in [6, 6.07) is 6.99. The van der Waals surface area contributed by atoms with Gasteiger partial charge in [0.05, 0.1) is 19.9 Å². The predicted octanol–water partition coefficient (Wildman–Crippen LogP) is 1.11. The number of methoxy groups -OCH3 is 2. The van der Waals surface area contributed by atoms with E-state index in [9.17, 15) is 0 Å². The minimum atomic E-state index is 0.102. The fourth-order valence-corrected chi connectivity index (χ4v) is 1.65. The van der Waals surface area contributed by atoms with Gasteiger partial charge in [0, 0.05) is 12.1 Å². The molecule has 8 heteroatoms. The number of hydrogen-bond donors (Lipinski definition) is 4. The van der Waals surface area contributed by atoms with Crippen LogP contribution in [0.3, 0.4) is 0 Å². The van der Waals surface area contributed by atoms with Crippen LogP contribution in [0.4, 0.5) is 23.3 Å². The maximum atomic E-state index is 5.60. The molecule has 2 aromatic rings. The van der Waals surface area contributed by atoms with Crippen molar-refractivity contribution in [1.82, 2.24) is 9.97 Å². The van der Waals surface area contributed by atoms with E-state index < -0.39 is 0 Å². The molecule has 106 valence electrons. The van der Waals surface area contributed by atoms with Gasteiger partial charge >= 0.3 is 0 Å². The normalized spacial score (nSPS) is 9.95. The first-order valence-corrected chi connectivity index (χ1v) is 5.76. The lowest BCUT2D eigenvalue weighted by Gasteiger charge is -2.13. The van der Waals surface area contributed by atoms with Gasteiger partial charge in [-0.1, -0.05) is 0 Å². The van der Waals surface area contributed by atoms with Gasteiger partial charge in [0.2, 0.25) is 5.95 Å². The van der Waals surface area contributed by atoms with Crippen LogP contribution in [0.5, 0.6) is 11.5 Å². The molecule has 1 aromatic carbocycles. The second kappa shape index (κ2) is 5.93. The summed E-state index contributed by atoms with van der Waals surface area (Å²) in [5, 5.41) is 3.08. The van der Waals surface area contributed by atoms with E-state index in [1.54, 1.807) is 38.5 Å². The summed E-state index contributed by atoms with van der Waals surface area (Å²) in [6.45, 7) is 0. The third-order valence-corrected chi connectivity index (χ3v) is 2.56. The van der Waals surface area contributed by atoms with Gasteiger partial charge in [-0.15, -0.1) is 0 Å². The highest BCUT2D eigenvalue weighted by Crippen LogP contribution is 2.31. The highest BCUT2D eigenvalue weighted by atomic mass is 16.5. The molecule has 6 N–H and O–H groups in total. The van der Waals surface area contributed by atoms with Gasteiger partial charge in [0.1, 0.15) is 23.1 Å². The SMILES string of the molecule is COc1ccc(OC)c(Nc2cc(NN)nc(N)n2)c1.